The number of carbonyl (C=O) groups is 1. The second-order valence-electron chi connectivity index (χ2n) is 8.09. The van der Waals surface area contributed by atoms with Crippen LogP contribution in [0.4, 0.5) is 0 Å². The lowest BCUT2D eigenvalue weighted by molar-refractivity contribution is -0.0276. The van der Waals surface area contributed by atoms with Crippen molar-refractivity contribution in [2.24, 2.45) is 0 Å². The van der Waals surface area contributed by atoms with Crippen LogP contribution >= 0.6 is 0 Å². The number of rotatable bonds is 2. The second-order valence-corrected chi connectivity index (χ2v) is 8.09. The molecule has 7 nitrogen and oxygen atoms in total. The first-order valence-corrected chi connectivity index (χ1v) is 10.0. The largest absolute Gasteiger partial charge is 0.371 e. The van der Waals surface area contributed by atoms with Gasteiger partial charge in [-0.05, 0) is 32.3 Å². The number of piperidine rings is 1. The molecule has 0 atom stereocenters. The zero-order valence-electron chi connectivity index (χ0n) is 16.7. The minimum absolute atomic E-state index is 0.0713. The van der Waals surface area contributed by atoms with Crippen molar-refractivity contribution in [1.82, 2.24) is 19.6 Å². The quantitative estimate of drug-likeness (QED) is 0.669. The topological polar surface area (TPSA) is 73.4 Å². The zero-order valence-corrected chi connectivity index (χ0v) is 16.7. The fourth-order valence-corrected chi connectivity index (χ4v) is 4.47. The number of hydrogen-bond acceptors (Lipinski definition) is 5. The molecule has 0 bridgehead atoms. The van der Waals surface area contributed by atoms with Crippen LogP contribution in [0.1, 0.15) is 40.5 Å². The molecule has 0 aliphatic carbocycles. The average Bonchev–Trinajstić information content (AvgIpc) is 3.36. The van der Waals surface area contributed by atoms with E-state index < -0.39 is 0 Å². The van der Waals surface area contributed by atoms with Gasteiger partial charge in [-0.25, -0.2) is 4.98 Å². The van der Waals surface area contributed by atoms with Crippen LogP contribution in [0, 0.1) is 13.8 Å². The Balaban J connectivity index is 1.43. The maximum atomic E-state index is 12.8. The lowest BCUT2D eigenvalue weighted by atomic mass is 9.86. The second kappa shape index (κ2) is 6.84. The normalized spacial score (nSPS) is 18.1. The fourth-order valence-electron chi connectivity index (χ4n) is 4.47. The fraction of sp³-hybridized carbons (Fsp3) is 0.409. The van der Waals surface area contributed by atoms with Crippen LogP contribution in [0.3, 0.4) is 0 Å². The van der Waals surface area contributed by atoms with Gasteiger partial charge in [-0.2, -0.15) is 0 Å². The van der Waals surface area contributed by atoms with E-state index in [-0.39, 0.29) is 11.4 Å². The van der Waals surface area contributed by atoms with Crippen molar-refractivity contribution in [1.29, 1.82) is 0 Å². The molecule has 0 unspecified atom stereocenters. The Morgan fingerprint density at radius 1 is 1.14 bits per heavy atom. The molecule has 1 fully saturated rings. The van der Waals surface area contributed by atoms with Crippen molar-refractivity contribution in [3.63, 3.8) is 0 Å². The van der Waals surface area contributed by atoms with Crippen LogP contribution in [-0.2, 0) is 16.9 Å². The maximum Gasteiger partial charge on any atom is 0.276 e. The Morgan fingerprint density at radius 3 is 2.59 bits per heavy atom. The molecule has 1 amide bonds. The van der Waals surface area contributed by atoms with Gasteiger partial charge >= 0.3 is 0 Å². The summed E-state index contributed by atoms with van der Waals surface area (Å²) < 4.78 is 13.4. The number of benzene rings is 1. The van der Waals surface area contributed by atoms with Crippen LogP contribution in [-0.4, -0.2) is 45.2 Å². The summed E-state index contributed by atoms with van der Waals surface area (Å²) in [6.07, 6.45) is 3.59. The summed E-state index contributed by atoms with van der Waals surface area (Å²) in [5.74, 6) is 1.53. The monoisotopic (exact) mass is 392 g/mol. The number of aromatic nitrogens is 3. The predicted octanol–water partition coefficient (Wildman–Crippen LogP) is 3.32. The molecule has 5 rings (SSSR count). The summed E-state index contributed by atoms with van der Waals surface area (Å²) in [6.45, 7) is 6.35. The number of hydrogen-bond donors (Lipinski definition) is 0. The molecule has 1 saturated heterocycles. The van der Waals surface area contributed by atoms with Crippen molar-refractivity contribution >= 4 is 5.91 Å². The van der Waals surface area contributed by atoms with Gasteiger partial charge in [0.1, 0.15) is 18.2 Å². The highest BCUT2D eigenvalue weighted by Gasteiger charge is 2.43. The SMILES string of the molecule is Cc1ccc(-c2cnc3n2C2(CCN(C(=O)c4cc(C)on4)CC2)COC3)cc1. The van der Waals surface area contributed by atoms with E-state index >= 15 is 0 Å². The van der Waals surface area contributed by atoms with Crippen LogP contribution in [0.2, 0.25) is 0 Å². The molecule has 0 N–H and O–H groups in total. The molecule has 2 aromatic heterocycles. The maximum absolute atomic E-state index is 12.8. The molecule has 3 aromatic rings. The summed E-state index contributed by atoms with van der Waals surface area (Å²) >= 11 is 0. The minimum Gasteiger partial charge on any atom is -0.371 e. The number of likely N-dealkylation sites (tertiary alicyclic amines) is 1. The third-order valence-electron chi connectivity index (χ3n) is 6.09. The number of carbonyl (C=O) groups excluding carboxylic acids is 1. The zero-order chi connectivity index (χ0) is 20.0. The van der Waals surface area contributed by atoms with E-state index in [1.54, 1.807) is 13.0 Å². The minimum atomic E-state index is -0.180. The number of amides is 1. The molecule has 0 saturated carbocycles. The number of imidazole rings is 1. The molecular formula is C22H24N4O3. The Bertz CT molecular complexity index is 1040. The van der Waals surface area contributed by atoms with E-state index in [1.165, 1.54) is 5.56 Å². The number of fused-ring (bicyclic) bond motifs is 2. The van der Waals surface area contributed by atoms with Gasteiger partial charge in [0.15, 0.2) is 5.69 Å². The molecule has 2 aliphatic heterocycles. The van der Waals surface area contributed by atoms with Gasteiger partial charge in [-0.15, -0.1) is 0 Å². The first-order chi connectivity index (χ1) is 14.1. The Labute approximate surface area is 169 Å². The van der Waals surface area contributed by atoms with Crippen LogP contribution in [0.15, 0.2) is 41.1 Å². The lowest BCUT2D eigenvalue weighted by Gasteiger charge is -2.45. The molecule has 4 heterocycles. The molecule has 1 aromatic carbocycles. The predicted molar refractivity (Wildman–Crippen MR) is 106 cm³/mol. The summed E-state index contributed by atoms with van der Waals surface area (Å²) in [4.78, 5) is 19.3. The van der Waals surface area contributed by atoms with Gasteiger partial charge in [0.25, 0.3) is 5.91 Å². The standard InChI is InChI=1S/C22H24N4O3/c1-15-3-5-17(6-4-15)19-12-23-20-13-28-14-22(26(19)20)7-9-25(10-8-22)21(27)18-11-16(2)29-24-18/h3-6,11-12H,7-10,13-14H2,1-2H3. The van der Waals surface area contributed by atoms with Crippen molar-refractivity contribution in [2.75, 3.05) is 19.7 Å². The summed E-state index contributed by atoms with van der Waals surface area (Å²) in [6, 6.07) is 10.2. The average molecular weight is 392 g/mol. The smallest absolute Gasteiger partial charge is 0.276 e. The van der Waals surface area contributed by atoms with E-state index in [4.69, 9.17) is 9.26 Å². The van der Waals surface area contributed by atoms with Crippen LogP contribution < -0.4 is 0 Å². The highest BCUT2D eigenvalue weighted by molar-refractivity contribution is 5.92. The first kappa shape index (κ1) is 18.1. The van der Waals surface area contributed by atoms with Crippen molar-refractivity contribution < 1.29 is 14.1 Å². The van der Waals surface area contributed by atoms with Gasteiger partial charge in [0.2, 0.25) is 0 Å². The Kier molecular flexibility index (Phi) is 4.28. The number of aryl methyl sites for hydroxylation is 2. The van der Waals surface area contributed by atoms with Crippen molar-refractivity contribution in [3.8, 4) is 11.3 Å². The van der Waals surface area contributed by atoms with E-state index in [9.17, 15) is 4.79 Å². The van der Waals surface area contributed by atoms with Gasteiger partial charge in [-0.3, -0.25) is 4.79 Å². The summed E-state index contributed by atoms with van der Waals surface area (Å²) in [7, 11) is 0. The van der Waals surface area contributed by atoms with Crippen LogP contribution in [0.25, 0.3) is 11.3 Å². The molecule has 1 spiro atoms. The first-order valence-electron chi connectivity index (χ1n) is 10.0. The van der Waals surface area contributed by atoms with Crippen molar-refractivity contribution in [3.05, 3.63) is 59.4 Å². The highest BCUT2D eigenvalue weighted by atomic mass is 16.5. The van der Waals surface area contributed by atoms with E-state index in [0.717, 1.165) is 29.9 Å². The van der Waals surface area contributed by atoms with Gasteiger partial charge in [0, 0.05) is 19.2 Å². The third kappa shape index (κ3) is 3.06. The van der Waals surface area contributed by atoms with Gasteiger partial charge < -0.3 is 18.7 Å². The number of nitrogens with zero attached hydrogens (tertiary/aromatic N) is 4. The number of ether oxygens (including phenoxy) is 1. The van der Waals surface area contributed by atoms with Gasteiger partial charge in [0.05, 0.1) is 24.0 Å². The van der Waals surface area contributed by atoms with Crippen molar-refractivity contribution in [2.45, 2.75) is 38.8 Å². The van der Waals surface area contributed by atoms with E-state index in [0.29, 0.717) is 37.8 Å². The Morgan fingerprint density at radius 2 is 1.90 bits per heavy atom. The third-order valence-corrected chi connectivity index (χ3v) is 6.09. The van der Waals surface area contributed by atoms with E-state index in [2.05, 4.69) is 45.9 Å². The molecule has 0 radical (unpaired) electrons. The molecule has 7 heteroatoms. The summed E-state index contributed by atoms with van der Waals surface area (Å²) in [5, 5.41) is 3.88. The highest BCUT2D eigenvalue weighted by Crippen LogP contribution is 2.39. The van der Waals surface area contributed by atoms with Crippen LogP contribution in [0.5, 0.6) is 0 Å². The lowest BCUT2D eigenvalue weighted by Crippen LogP contribution is -2.52. The molecule has 150 valence electrons. The van der Waals surface area contributed by atoms with E-state index in [1.807, 2.05) is 11.1 Å². The molecule has 29 heavy (non-hydrogen) atoms. The Hall–Kier alpha value is -2.93. The molecule has 2 aliphatic rings. The summed E-state index contributed by atoms with van der Waals surface area (Å²) in [5.41, 5.74) is 3.71. The molecular weight excluding hydrogens is 368 g/mol. The van der Waals surface area contributed by atoms with Gasteiger partial charge in [-0.1, -0.05) is 35.0 Å².